The van der Waals surface area contributed by atoms with Crippen molar-refractivity contribution in [2.75, 3.05) is 14.1 Å². The number of benzene rings is 3. The number of H-pyrrole nitrogens is 2. The van der Waals surface area contributed by atoms with Crippen LogP contribution in [0.4, 0.5) is 0 Å². The Kier molecular flexibility index (Phi) is 5.38. The Morgan fingerprint density at radius 3 is 2.60 bits per heavy atom. The van der Waals surface area contributed by atoms with Gasteiger partial charge in [-0.05, 0) is 52.6 Å². The van der Waals surface area contributed by atoms with Gasteiger partial charge >= 0.3 is 0 Å². The SMILES string of the molecule is CN(C)S(=O)(=O)c1ccc2nc(-c3cccc4c3-c3ccccc3[C@H]4NC(=O)c3ccnc4[nH]ccc34)[nH]c2c1. The van der Waals surface area contributed by atoms with Crippen molar-refractivity contribution in [1.29, 1.82) is 0 Å². The van der Waals surface area contributed by atoms with Gasteiger partial charge in [0.15, 0.2) is 0 Å². The fourth-order valence-corrected chi connectivity index (χ4v) is 6.39. The molecule has 3 N–H and O–H groups in total. The van der Waals surface area contributed by atoms with E-state index in [1.54, 1.807) is 36.7 Å². The van der Waals surface area contributed by atoms with Gasteiger partial charge in [0.1, 0.15) is 11.5 Å². The highest BCUT2D eigenvalue weighted by Crippen LogP contribution is 2.47. The second-order valence-electron chi connectivity index (χ2n) is 9.91. The first-order valence-electron chi connectivity index (χ1n) is 12.7. The lowest BCUT2D eigenvalue weighted by molar-refractivity contribution is 0.0945. The number of carbonyl (C=O) groups is 1. The summed E-state index contributed by atoms with van der Waals surface area (Å²) in [5.41, 5.74) is 7.31. The summed E-state index contributed by atoms with van der Waals surface area (Å²) in [5.74, 6) is 0.430. The Bertz CT molecular complexity index is 2080. The first-order chi connectivity index (χ1) is 19.3. The van der Waals surface area contributed by atoms with Crippen molar-refractivity contribution in [2.45, 2.75) is 10.9 Å². The first kappa shape index (κ1) is 24.3. The minimum Gasteiger partial charge on any atom is -0.346 e. The van der Waals surface area contributed by atoms with Crippen molar-refractivity contribution in [3.05, 3.63) is 102 Å². The predicted molar refractivity (Wildman–Crippen MR) is 153 cm³/mol. The van der Waals surface area contributed by atoms with Gasteiger partial charge in [-0.1, -0.05) is 42.5 Å². The van der Waals surface area contributed by atoms with Crippen molar-refractivity contribution in [2.24, 2.45) is 0 Å². The molecule has 0 saturated carbocycles. The first-order valence-corrected chi connectivity index (χ1v) is 14.1. The number of rotatable bonds is 5. The Labute approximate surface area is 230 Å². The van der Waals surface area contributed by atoms with Gasteiger partial charge in [0, 0.05) is 37.4 Å². The zero-order valence-electron chi connectivity index (χ0n) is 21.6. The van der Waals surface area contributed by atoms with E-state index < -0.39 is 10.0 Å². The number of pyridine rings is 1. The molecule has 198 valence electrons. The van der Waals surface area contributed by atoms with Crippen LogP contribution in [0.15, 0.2) is 90.1 Å². The van der Waals surface area contributed by atoms with Gasteiger partial charge in [0.25, 0.3) is 5.91 Å². The van der Waals surface area contributed by atoms with E-state index in [9.17, 15) is 13.2 Å². The lowest BCUT2D eigenvalue weighted by Crippen LogP contribution is -2.28. The molecule has 3 aromatic carbocycles. The molecule has 9 nitrogen and oxygen atoms in total. The number of hydrogen-bond donors (Lipinski definition) is 3. The van der Waals surface area contributed by atoms with E-state index in [2.05, 4.69) is 20.3 Å². The Balaban J connectivity index is 1.33. The molecule has 1 aliphatic rings. The number of sulfonamides is 1. The normalized spacial score (nSPS) is 14.5. The van der Waals surface area contributed by atoms with Crippen LogP contribution in [0.2, 0.25) is 0 Å². The van der Waals surface area contributed by atoms with Gasteiger partial charge in [0.05, 0.1) is 27.5 Å². The quantitative estimate of drug-likeness (QED) is 0.284. The summed E-state index contributed by atoms with van der Waals surface area (Å²) in [4.78, 5) is 29.2. The molecule has 0 unspecified atom stereocenters. The van der Waals surface area contributed by atoms with E-state index in [0.29, 0.717) is 28.1 Å². The smallest absolute Gasteiger partial charge is 0.252 e. The average Bonchev–Trinajstić information content (AvgIpc) is 3.68. The number of carbonyl (C=O) groups excluding carboxylic acids is 1. The molecular weight excluding hydrogens is 524 g/mol. The largest absolute Gasteiger partial charge is 0.346 e. The van der Waals surface area contributed by atoms with Crippen LogP contribution in [0.25, 0.3) is 44.6 Å². The molecule has 3 heterocycles. The third-order valence-electron chi connectivity index (χ3n) is 7.42. The van der Waals surface area contributed by atoms with Crippen LogP contribution in [0.1, 0.15) is 27.5 Å². The molecule has 0 radical (unpaired) electrons. The summed E-state index contributed by atoms with van der Waals surface area (Å²) < 4.78 is 26.5. The Morgan fingerprint density at radius 2 is 1.75 bits per heavy atom. The lowest BCUT2D eigenvalue weighted by Gasteiger charge is -2.16. The van der Waals surface area contributed by atoms with Crippen LogP contribution >= 0.6 is 0 Å². The van der Waals surface area contributed by atoms with Crippen LogP contribution in [0.5, 0.6) is 0 Å². The summed E-state index contributed by atoms with van der Waals surface area (Å²) in [7, 11) is -0.571. The number of hydrogen-bond acceptors (Lipinski definition) is 5. The van der Waals surface area contributed by atoms with Gasteiger partial charge in [-0.15, -0.1) is 0 Å². The molecule has 7 rings (SSSR count). The number of imidazole rings is 1. The highest BCUT2D eigenvalue weighted by molar-refractivity contribution is 7.89. The third-order valence-corrected chi connectivity index (χ3v) is 9.23. The molecule has 0 spiro atoms. The van der Waals surface area contributed by atoms with Crippen molar-refractivity contribution in [1.82, 2.24) is 29.6 Å². The fourth-order valence-electron chi connectivity index (χ4n) is 5.46. The molecule has 0 saturated heterocycles. The minimum absolute atomic E-state index is 0.191. The topological polar surface area (TPSA) is 124 Å². The number of aromatic amines is 2. The summed E-state index contributed by atoms with van der Waals surface area (Å²) >= 11 is 0. The summed E-state index contributed by atoms with van der Waals surface area (Å²) in [5, 5.41) is 4.01. The van der Waals surface area contributed by atoms with Crippen molar-refractivity contribution < 1.29 is 13.2 Å². The van der Waals surface area contributed by atoms with Gasteiger partial charge in [-0.25, -0.2) is 22.7 Å². The van der Waals surface area contributed by atoms with Crippen molar-refractivity contribution >= 4 is 38.0 Å². The van der Waals surface area contributed by atoms with Crippen LogP contribution in [0.3, 0.4) is 0 Å². The van der Waals surface area contributed by atoms with E-state index in [1.165, 1.54) is 18.4 Å². The van der Waals surface area contributed by atoms with E-state index >= 15 is 0 Å². The molecule has 10 heteroatoms. The van der Waals surface area contributed by atoms with Crippen LogP contribution in [0, 0.1) is 0 Å². The molecule has 1 amide bonds. The van der Waals surface area contributed by atoms with E-state index in [0.717, 1.165) is 33.2 Å². The van der Waals surface area contributed by atoms with E-state index in [1.807, 2.05) is 48.5 Å². The fraction of sp³-hybridized carbons (Fsp3) is 0.100. The van der Waals surface area contributed by atoms with Crippen LogP contribution in [-0.4, -0.2) is 52.7 Å². The monoisotopic (exact) mass is 548 g/mol. The maximum atomic E-state index is 13.5. The highest BCUT2D eigenvalue weighted by atomic mass is 32.2. The zero-order chi connectivity index (χ0) is 27.6. The Hall–Kier alpha value is -4.80. The molecule has 1 atom stereocenters. The average molecular weight is 549 g/mol. The minimum atomic E-state index is -3.59. The highest BCUT2D eigenvalue weighted by Gasteiger charge is 2.33. The second kappa shape index (κ2) is 8.87. The van der Waals surface area contributed by atoms with Crippen LogP contribution < -0.4 is 5.32 Å². The third kappa shape index (κ3) is 3.64. The molecule has 40 heavy (non-hydrogen) atoms. The summed E-state index contributed by atoms with van der Waals surface area (Å²) in [6.45, 7) is 0. The maximum absolute atomic E-state index is 13.5. The summed E-state index contributed by atoms with van der Waals surface area (Å²) in [6.07, 6.45) is 3.40. The van der Waals surface area contributed by atoms with Crippen LogP contribution in [-0.2, 0) is 10.0 Å². The van der Waals surface area contributed by atoms with Gasteiger partial charge < -0.3 is 15.3 Å². The molecule has 6 aromatic rings. The van der Waals surface area contributed by atoms with Crippen molar-refractivity contribution in [3.63, 3.8) is 0 Å². The van der Waals surface area contributed by atoms with Gasteiger partial charge in [0.2, 0.25) is 10.0 Å². The lowest BCUT2D eigenvalue weighted by atomic mass is 9.98. The number of nitrogens with zero attached hydrogens (tertiary/aromatic N) is 3. The summed E-state index contributed by atoms with van der Waals surface area (Å²) in [6, 6.07) is 22.1. The second-order valence-corrected chi connectivity index (χ2v) is 12.1. The molecule has 1 aliphatic carbocycles. The maximum Gasteiger partial charge on any atom is 0.252 e. The van der Waals surface area contributed by atoms with Crippen molar-refractivity contribution in [3.8, 4) is 22.5 Å². The molecular formula is C30H24N6O3S. The molecule has 3 aromatic heterocycles. The molecule has 0 bridgehead atoms. The standard InChI is InChI=1S/C30H24N6O3S/c1-36(2)40(38,39)17-10-11-24-25(16-17)34-29(33-24)23-9-5-8-22-26(23)18-6-3-4-7-19(18)27(22)35-30(37)21-13-15-32-28-20(21)12-14-31-28/h3-16,27H,1-2H3,(H,31,32)(H,33,34)(H,35,37)/t27-/m1/s1. The number of amides is 1. The van der Waals surface area contributed by atoms with E-state index in [4.69, 9.17) is 4.98 Å². The van der Waals surface area contributed by atoms with Gasteiger partial charge in [-0.2, -0.15) is 0 Å². The molecule has 0 aliphatic heterocycles. The molecule has 0 fully saturated rings. The number of aromatic nitrogens is 4. The van der Waals surface area contributed by atoms with E-state index in [-0.39, 0.29) is 16.8 Å². The Morgan fingerprint density at radius 1 is 0.950 bits per heavy atom. The van der Waals surface area contributed by atoms with Gasteiger partial charge in [-0.3, -0.25) is 4.79 Å². The number of nitrogens with one attached hydrogen (secondary N) is 3. The zero-order valence-corrected chi connectivity index (χ0v) is 22.5. The number of fused-ring (bicyclic) bond motifs is 5. The predicted octanol–water partition coefficient (Wildman–Crippen LogP) is 4.86.